The third kappa shape index (κ3) is 5.68. The molecule has 0 radical (unpaired) electrons. The van der Waals surface area contributed by atoms with Gasteiger partial charge in [-0.15, -0.1) is 0 Å². The number of benzene rings is 1. The fourth-order valence-electron chi connectivity index (χ4n) is 2.94. The predicted molar refractivity (Wildman–Crippen MR) is 93.7 cm³/mol. The number of carbonyl (C=O) groups excluding carboxylic acids is 2. The van der Waals surface area contributed by atoms with E-state index in [1.165, 1.54) is 12.1 Å². The van der Waals surface area contributed by atoms with Crippen molar-refractivity contribution >= 4 is 11.8 Å². The van der Waals surface area contributed by atoms with Crippen LogP contribution in [0.1, 0.15) is 39.2 Å². The maximum absolute atomic E-state index is 12.3. The molecule has 1 aromatic rings. The Balaban J connectivity index is 1.78. The number of nitrogens with one attached hydrogen (secondary N) is 1. The van der Waals surface area contributed by atoms with Crippen LogP contribution in [0.3, 0.4) is 0 Å². The Bertz CT molecular complexity index is 619. The molecular weight excluding hydrogens is 342 g/mol. The predicted octanol–water partition coefficient (Wildman–Crippen LogP) is 3.19. The standard InChI is InChI=1S/C19H26F2N2O3/c1-19(2,3)17(25)23-10-8-14(9-11-23)16(24)22-12-13-4-6-15(7-5-13)26-18(20)21/h4-7,14,18H,8-12H2,1-3H3,(H,22,24). The summed E-state index contributed by atoms with van der Waals surface area (Å²) < 4.78 is 28.5. The minimum absolute atomic E-state index is 0.0410. The van der Waals surface area contributed by atoms with Crippen LogP contribution in [0.5, 0.6) is 5.75 Å². The molecule has 1 fully saturated rings. The lowest BCUT2D eigenvalue weighted by atomic mass is 9.90. The minimum Gasteiger partial charge on any atom is -0.435 e. The first-order valence-electron chi connectivity index (χ1n) is 8.77. The molecule has 0 aliphatic carbocycles. The molecule has 1 saturated heterocycles. The Labute approximate surface area is 152 Å². The third-order valence-electron chi connectivity index (χ3n) is 4.41. The van der Waals surface area contributed by atoms with Crippen molar-refractivity contribution in [3.05, 3.63) is 29.8 Å². The molecule has 1 aromatic carbocycles. The van der Waals surface area contributed by atoms with Crippen molar-refractivity contribution in [2.45, 2.75) is 46.8 Å². The van der Waals surface area contributed by atoms with Crippen molar-refractivity contribution in [2.24, 2.45) is 11.3 Å². The molecule has 7 heteroatoms. The molecule has 1 N–H and O–H groups in total. The smallest absolute Gasteiger partial charge is 0.387 e. The maximum Gasteiger partial charge on any atom is 0.387 e. The van der Waals surface area contributed by atoms with Crippen molar-refractivity contribution < 1.29 is 23.1 Å². The number of ether oxygens (including phenoxy) is 1. The molecular formula is C19H26F2N2O3. The van der Waals surface area contributed by atoms with E-state index >= 15 is 0 Å². The molecule has 26 heavy (non-hydrogen) atoms. The quantitative estimate of drug-likeness (QED) is 0.868. The highest BCUT2D eigenvalue weighted by molar-refractivity contribution is 5.82. The lowest BCUT2D eigenvalue weighted by Gasteiger charge is -2.35. The Morgan fingerprint density at radius 3 is 2.27 bits per heavy atom. The first kappa shape index (κ1) is 20.1. The lowest BCUT2D eigenvalue weighted by molar-refractivity contribution is -0.142. The van der Waals surface area contributed by atoms with Gasteiger partial charge in [0.1, 0.15) is 5.75 Å². The summed E-state index contributed by atoms with van der Waals surface area (Å²) in [5.74, 6) is 0.0506. The van der Waals surface area contributed by atoms with E-state index in [2.05, 4.69) is 10.1 Å². The number of hydrogen-bond acceptors (Lipinski definition) is 3. The zero-order valence-corrected chi connectivity index (χ0v) is 15.4. The lowest BCUT2D eigenvalue weighted by Crippen LogP contribution is -2.46. The van der Waals surface area contributed by atoms with Crippen LogP contribution >= 0.6 is 0 Å². The molecule has 0 saturated carbocycles. The summed E-state index contributed by atoms with van der Waals surface area (Å²) in [5.41, 5.74) is 0.398. The summed E-state index contributed by atoms with van der Waals surface area (Å²) >= 11 is 0. The van der Waals surface area contributed by atoms with Gasteiger partial charge in [0.25, 0.3) is 0 Å². The molecule has 5 nitrogen and oxygen atoms in total. The van der Waals surface area contributed by atoms with Gasteiger partial charge in [-0.2, -0.15) is 8.78 Å². The van der Waals surface area contributed by atoms with Gasteiger partial charge in [0, 0.05) is 31.0 Å². The average Bonchev–Trinajstić information content (AvgIpc) is 2.59. The van der Waals surface area contributed by atoms with E-state index in [-0.39, 0.29) is 23.5 Å². The molecule has 2 rings (SSSR count). The summed E-state index contributed by atoms with van der Waals surface area (Å²) in [4.78, 5) is 26.4. The minimum atomic E-state index is -2.85. The highest BCUT2D eigenvalue weighted by Crippen LogP contribution is 2.24. The zero-order valence-electron chi connectivity index (χ0n) is 15.4. The topological polar surface area (TPSA) is 58.6 Å². The van der Waals surface area contributed by atoms with Gasteiger partial charge in [0.15, 0.2) is 0 Å². The van der Waals surface area contributed by atoms with Crippen molar-refractivity contribution in [3.63, 3.8) is 0 Å². The Kier molecular flexibility index (Phi) is 6.56. The van der Waals surface area contributed by atoms with Crippen LogP contribution in [0.15, 0.2) is 24.3 Å². The molecule has 0 aromatic heterocycles. The highest BCUT2D eigenvalue weighted by Gasteiger charge is 2.32. The summed E-state index contributed by atoms with van der Waals surface area (Å²) in [6, 6.07) is 6.18. The van der Waals surface area contributed by atoms with Crippen molar-refractivity contribution in [1.29, 1.82) is 0 Å². The zero-order chi connectivity index (χ0) is 19.3. The molecule has 0 atom stereocenters. The van der Waals surface area contributed by atoms with Gasteiger partial charge in [-0.1, -0.05) is 32.9 Å². The molecule has 1 aliphatic rings. The second-order valence-corrected chi connectivity index (χ2v) is 7.56. The fraction of sp³-hybridized carbons (Fsp3) is 0.579. The van der Waals surface area contributed by atoms with E-state index in [0.29, 0.717) is 32.5 Å². The van der Waals surface area contributed by atoms with E-state index < -0.39 is 12.0 Å². The van der Waals surface area contributed by atoms with Crippen molar-refractivity contribution in [2.75, 3.05) is 13.1 Å². The number of amides is 2. The largest absolute Gasteiger partial charge is 0.435 e. The number of nitrogens with zero attached hydrogens (tertiary/aromatic N) is 1. The van der Waals surface area contributed by atoms with E-state index in [4.69, 9.17) is 0 Å². The summed E-state index contributed by atoms with van der Waals surface area (Å²) in [7, 11) is 0. The van der Waals surface area contributed by atoms with Crippen molar-refractivity contribution in [3.8, 4) is 5.75 Å². The van der Waals surface area contributed by atoms with Gasteiger partial charge in [0.2, 0.25) is 11.8 Å². The number of rotatable bonds is 5. The first-order valence-corrected chi connectivity index (χ1v) is 8.77. The summed E-state index contributed by atoms with van der Waals surface area (Å²) in [6.45, 7) is 4.34. The van der Waals surface area contributed by atoms with Crippen LogP contribution in [0.25, 0.3) is 0 Å². The number of carbonyl (C=O) groups is 2. The second-order valence-electron chi connectivity index (χ2n) is 7.56. The van der Waals surface area contributed by atoms with Crippen LogP contribution in [0, 0.1) is 11.3 Å². The Morgan fingerprint density at radius 1 is 1.19 bits per heavy atom. The van der Waals surface area contributed by atoms with Gasteiger partial charge >= 0.3 is 6.61 Å². The molecule has 1 aliphatic heterocycles. The number of hydrogen-bond donors (Lipinski definition) is 1. The normalized spacial score (nSPS) is 15.8. The molecule has 2 amide bonds. The number of halogens is 2. The van der Waals surface area contributed by atoms with Gasteiger partial charge in [-0.3, -0.25) is 9.59 Å². The molecule has 144 valence electrons. The van der Waals surface area contributed by atoms with Gasteiger partial charge in [0.05, 0.1) is 0 Å². The maximum atomic E-state index is 12.3. The fourth-order valence-corrected chi connectivity index (χ4v) is 2.94. The van der Waals surface area contributed by atoms with E-state index in [9.17, 15) is 18.4 Å². The van der Waals surface area contributed by atoms with E-state index in [0.717, 1.165) is 5.56 Å². The number of likely N-dealkylation sites (tertiary alicyclic amines) is 1. The van der Waals surface area contributed by atoms with Crippen LogP contribution in [0.4, 0.5) is 8.78 Å². The number of alkyl halides is 2. The number of piperidine rings is 1. The van der Waals surface area contributed by atoms with Crippen LogP contribution in [-0.4, -0.2) is 36.4 Å². The van der Waals surface area contributed by atoms with Gasteiger partial charge < -0.3 is 15.0 Å². The van der Waals surface area contributed by atoms with Gasteiger partial charge in [-0.25, -0.2) is 0 Å². The monoisotopic (exact) mass is 368 g/mol. The Morgan fingerprint density at radius 2 is 1.77 bits per heavy atom. The third-order valence-corrected chi connectivity index (χ3v) is 4.41. The van der Waals surface area contributed by atoms with Gasteiger partial charge in [-0.05, 0) is 30.5 Å². The SMILES string of the molecule is CC(C)(C)C(=O)N1CCC(C(=O)NCc2ccc(OC(F)F)cc2)CC1. The van der Waals surface area contributed by atoms with Crippen molar-refractivity contribution in [1.82, 2.24) is 10.2 Å². The summed E-state index contributed by atoms with van der Waals surface area (Å²) in [5, 5.41) is 2.87. The van der Waals surface area contributed by atoms with E-state index in [1.54, 1.807) is 12.1 Å². The second kappa shape index (κ2) is 8.47. The highest BCUT2D eigenvalue weighted by atomic mass is 19.3. The van der Waals surface area contributed by atoms with Crippen LogP contribution < -0.4 is 10.1 Å². The average molecular weight is 368 g/mol. The molecule has 1 heterocycles. The van der Waals surface area contributed by atoms with Crippen LogP contribution in [-0.2, 0) is 16.1 Å². The van der Waals surface area contributed by atoms with E-state index in [1.807, 2.05) is 25.7 Å². The molecule has 0 spiro atoms. The molecule has 0 bridgehead atoms. The molecule has 0 unspecified atom stereocenters. The Hall–Kier alpha value is -2.18. The first-order chi connectivity index (χ1) is 12.2. The summed E-state index contributed by atoms with van der Waals surface area (Å²) in [6.07, 6.45) is 1.30. The van der Waals surface area contributed by atoms with Crippen LogP contribution in [0.2, 0.25) is 0 Å².